The first-order valence-electron chi connectivity index (χ1n) is 18.0. The monoisotopic (exact) mass is 677 g/mol. The van der Waals surface area contributed by atoms with E-state index in [0.29, 0.717) is 0 Å². The Kier molecular flexibility index (Phi) is 6.55. The van der Waals surface area contributed by atoms with Gasteiger partial charge in [-0.25, -0.2) is 0 Å². The number of benzene rings is 9. The second-order valence-electron chi connectivity index (χ2n) is 13.7. The maximum absolute atomic E-state index is 6.71. The standard InChI is InChI=1S/C50H31NO2/c1-2-13-35-31-36(24-23-32(35)11-1)33-25-28-37(29-26-33)51(44-19-10-22-47-49(44)42-30-27-34-12-3-4-14-38(34)50(42)53-47)43-18-7-5-15-39(43)40-17-9-21-46-48(40)41-16-6-8-20-45(41)52-46/h1-31H. The second-order valence-corrected chi connectivity index (χ2v) is 13.7. The highest BCUT2D eigenvalue weighted by atomic mass is 16.3. The molecule has 11 aromatic rings. The van der Waals surface area contributed by atoms with Gasteiger partial charge >= 0.3 is 0 Å². The fourth-order valence-electron chi connectivity index (χ4n) is 8.20. The van der Waals surface area contributed by atoms with Crippen LogP contribution in [0.4, 0.5) is 17.1 Å². The first kappa shape index (κ1) is 29.6. The predicted octanol–water partition coefficient (Wildman–Crippen LogP) is 14.6. The minimum Gasteiger partial charge on any atom is -0.456 e. The molecule has 0 saturated heterocycles. The van der Waals surface area contributed by atoms with Crippen LogP contribution in [0.1, 0.15) is 0 Å². The fraction of sp³-hybridized carbons (Fsp3) is 0. The minimum atomic E-state index is 0.854. The number of rotatable bonds is 5. The minimum absolute atomic E-state index is 0.854. The maximum Gasteiger partial charge on any atom is 0.143 e. The van der Waals surface area contributed by atoms with Crippen molar-refractivity contribution < 1.29 is 8.83 Å². The molecule has 0 spiro atoms. The summed E-state index contributed by atoms with van der Waals surface area (Å²) in [6.07, 6.45) is 0. The Balaban J connectivity index is 1.17. The molecular weight excluding hydrogens is 647 g/mol. The zero-order valence-electron chi connectivity index (χ0n) is 28.7. The van der Waals surface area contributed by atoms with Crippen LogP contribution in [0.15, 0.2) is 197 Å². The first-order valence-corrected chi connectivity index (χ1v) is 18.0. The van der Waals surface area contributed by atoms with Gasteiger partial charge in [0.15, 0.2) is 0 Å². The molecule has 0 fully saturated rings. The third kappa shape index (κ3) is 4.68. The molecular formula is C50H31NO2. The molecule has 11 rings (SSSR count). The molecule has 0 bridgehead atoms. The summed E-state index contributed by atoms with van der Waals surface area (Å²) < 4.78 is 13.1. The predicted molar refractivity (Wildman–Crippen MR) is 222 cm³/mol. The van der Waals surface area contributed by atoms with Crippen molar-refractivity contribution in [1.82, 2.24) is 0 Å². The SMILES string of the molecule is c1ccc(N(c2ccc(-c3ccc4ccccc4c3)cc2)c2cccc3oc4c5ccccc5ccc4c23)c(-c2cccc3oc4ccccc4c23)c1. The summed E-state index contributed by atoms with van der Waals surface area (Å²) in [6, 6.07) is 66.8. The summed E-state index contributed by atoms with van der Waals surface area (Å²) in [5.74, 6) is 0. The van der Waals surface area contributed by atoms with Crippen LogP contribution in [-0.4, -0.2) is 0 Å². The van der Waals surface area contributed by atoms with E-state index in [1.807, 2.05) is 12.1 Å². The Morgan fingerprint density at radius 2 is 0.962 bits per heavy atom. The van der Waals surface area contributed by atoms with Crippen molar-refractivity contribution >= 4 is 82.5 Å². The van der Waals surface area contributed by atoms with Gasteiger partial charge in [-0.15, -0.1) is 0 Å². The van der Waals surface area contributed by atoms with Gasteiger partial charge in [-0.1, -0.05) is 133 Å². The molecule has 0 aliphatic rings. The Labute approximate surface area is 305 Å². The van der Waals surface area contributed by atoms with Crippen molar-refractivity contribution in [1.29, 1.82) is 0 Å². The smallest absolute Gasteiger partial charge is 0.143 e. The lowest BCUT2D eigenvalue weighted by molar-refractivity contribution is 0.669. The van der Waals surface area contributed by atoms with Crippen molar-refractivity contribution in [3.05, 3.63) is 188 Å². The summed E-state index contributed by atoms with van der Waals surface area (Å²) in [6.45, 7) is 0. The van der Waals surface area contributed by atoms with Gasteiger partial charge in [0.05, 0.1) is 16.8 Å². The number of para-hydroxylation sites is 2. The second kappa shape index (κ2) is 11.7. The fourth-order valence-corrected chi connectivity index (χ4v) is 8.20. The topological polar surface area (TPSA) is 29.5 Å². The molecule has 0 unspecified atom stereocenters. The molecule has 0 atom stereocenters. The summed E-state index contributed by atoms with van der Waals surface area (Å²) in [4.78, 5) is 2.40. The number of hydrogen-bond donors (Lipinski definition) is 0. The lowest BCUT2D eigenvalue weighted by Gasteiger charge is -2.29. The molecule has 53 heavy (non-hydrogen) atoms. The van der Waals surface area contributed by atoms with Crippen LogP contribution in [0.5, 0.6) is 0 Å². The maximum atomic E-state index is 6.71. The molecule has 248 valence electrons. The van der Waals surface area contributed by atoms with Gasteiger partial charge in [0.25, 0.3) is 0 Å². The van der Waals surface area contributed by atoms with E-state index in [-0.39, 0.29) is 0 Å². The van der Waals surface area contributed by atoms with Gasteiger partial charge in [-0.2, -0.15) is 0 Å². The average molecular weight is 678 g/mol. The van der Waals surface area contributed by atoms with Gasteiger partial charge in [0.2, 0.25) is 0 Å². The van der Waals surface area contributed by atoms with Crippen molar-refractivity contribution in [3.8, 4) is 22.3 Å². The normalized spacial score (nSPS) is 11.8. The van der Waals surface area contributed by atoms with Crippen LogP contribution in [0, 0.1) is 0 Å². The summed E-state index contributed by atoms with van der Waals surface area (Å²) >= 11 is 0. The Morgan fingerprint density at radius 3 is 1.85 bits per heavy atom. The number of anilines is 3. The molecule has 9 aromatic carbocycles. The highest BCUT2D eigenvalue weighted by molar-refractivity contribution is 6.20. The molecule has 3 heteroatoms. The third-order valence-corrected chi connectivity index (χ3v) is 10.7. The Hall–Kier alpha value is -7.10. The zero-order valence-corrected chi connectivity index (χ0v) is 28.7. The van der Waals surface area contributed by atoms with Crippen LogP contribution in [0.3, 0.4) is 0 Å². The van der Waals surface area contributed by atoms with Gasteiger partial charge in [0.1, 0.15) is 22.3 Å². The molecule has 0 saturated carbocycles. The van der Waals surface area contributed by atoms with E-state index in [2.05, 4.69) is 181 Å². The first-order chi connectivity index (χ1) is 26.3. The number of hydrogen-bond acceptors (Lipinski definition) is 3. The molecule has 2 heterocycles. The van der Waals surface area contributed by atoms with E-state index < -0.39 is 0 Å². The quantitative estimate of drug-likeness (QED) is 0.182. The molecule has 0 aliphatic carbocycles. The molecule has 3 nitrogen and oxygen atoms in total. The summed E-state index contributed by atoms with van der Waals surface area (Å²) in [5.41, 5.74) is 11.3. The molecule has 0 N–H and O–H groups in total. The highest BCUT2D eigenvalue weighted by Gasteiger charge is 2.24. The van der Waals surface area contributed by atoms with E-state index in [0.717, 1.165) is 82.8 Å². The Bertz CT molecular complexity index is 3180. The highest BCUT2D eigenvalue weighted by Crippen LogP contribution is 2.48. The largest absolute Gasteiger partial charge is 0.456 e. The molecule has 0 aliphatic heterocycles. The lowest BCUT2D eigenvalue weighted by Crippen LogP contribution is -2.11. The van der Waals surface area contributed by atoms with Gasteiger partial charge in [0, 0.05) is 32.8 Å². The van der Waals surface area contributed by atoms with Crippen molar-refractivity contribution in [2.24, 2.45) is 0 Å². The van der Waals surface area contributed by atoms with Crippen molar-refractivity contribution in [2.75, 3.05) is 4.90 Å². The van der Waals surface area contributed by atoms with Crippen molar-refractivity contribution in [3.63, 3.8) is 0 Å². The van der Waals surface area contributed by atoms with Crippen LogP contribution < -0.4 is 4.90 Å². The van der Waals surface area contributed by atoms with E-state index >= 15 is 0 Å². The van der Waals surface area contributed by atoms with E-state index in [1.54, 1.807) is 0 Å². The van der Waals surface area contributed by atoms with Gasteiger partial charge in [-0.3, -0.25) is 0 Å². The van der Waals surface area contributed by atoms with Crippen LogP contribution in [-0.2, 0) is 0 Å². The van der Waals surface area contributed by atoms with Crippen LogP contribution >= 0.6 is 0 Å². The van der Waals surface area contributed by atoms with Gasteiger partial charge in [-0.05, 0) is 87.4 Å². The van der Waals surface area contributed by atoms with E-state index in [4.69, 9.17) is 8.83 Å². The molecule has 0 radical (unpaired) electrons. The zero-order chi connectivity index (χ0) is 34.9. The molecule has 2 aromatic heterocycles. The number of nitrogens with zero attached hydrogens (tertiary/aromatic N) is 1. The molecule has 0 amide bonds. The Morgan fingerprint density at radius 1 is 0.340 bits per heavy atom. The number of furan rings is 2. The number of fused-ring (bicyclic) bond motifs is 9. The third-order valence-electron chi connectivity index (χ3n) is 10.7. The van der Waals surface area contributed by atoms with E-state index in [1.165, 1.54) is 21.9 Å². The summed E-state index contributed by atoms with van der Waals surface area (Å²) in [7, 11) is 0. The van der Waals surface area contributed by atoms with Crippen LogP contribution in [0.25, 0.3) is 87.7 Å². The van der Waals surface area contributed by atoms with E-state index in [9.17, 15) is 0 Å². The van der Waals surface area contributed by atoms with Gasteiger partial charge < -0.3 is 13.7 Å². The van der Waals surface area contributed by atoms with Crippen LogP contribution in [0.2, 0.25) is 0 Å². The summed E-state index contributed by atoms with van der Waals surface area (Å²) in [5, 5.41) is 9.13. The average Bonchev–Trinajstić information content (AvgIpc) is 3.81. The van der Waals surface area contributed by atoms with Crippen molar-refractivity contribution in [2.45, 2.75) is 0 Å². The lowest BCUT2D eigenvalue weighted by atomic mass is 9.96.